The minimum absolute atomic E-state index is 0.0843. The fourth-order valence-corrected chi connectivity index (χ4v) is 3.91. The van der Waals surface area contributed by atoms with Gasteiger partial charge in [0, 0.05) is 0 Å². The standard InChI is InChI=1S/C25H52N2/c1-7-10-12-13-14-15-21(4)19-25(22(5)20-27-23(6)26)18-17-24(9-3)16-11-8-2/h17-18,21-25,27H,7-16,19-20,26H2,1-6H3/b18-17-/t21?,22?,23?,24-,25?/m1/s1. The van der Waals surface area contributed by atoms with E-state index in [-0.39, 0.29) is 6.17 Å². The van der Waals surface area contributed by atoms with E-state index in [2.05, 4.69) is 52.1 Å². The first kappa shape index (κ1) is 26.7. The van der Waals surface area contributed by atoms with E-state index in [4.69, 9.17) is 5.73 Å². The third-order valence-electron chi connectivity index (χ3n) is 6.05. The first-order chi connectivity index (χ1) is 12.9. The number of hydrogen-bond donors (Lipinski definition) is 2. The van der Waals surface area contributed by atoms with Crippen LogP contribution in [0.25, 0.3) is 0 Å². The van der Waals surface area contributed by atoms with E-state index < -0.39 is 0 Å². The number of nitrogens with one attached hydrogen (secondary N) is 1. The topological polar surface area (TPSA) is 38.0 Å². The van der Waals surface area contributed by atoms with E-state index in [9.17, 15) is 0 Å². The molecular formula is C25H52N2. The highest BCUT2D eigenvalue weighted by molar-refractivity contribution is 4.95. The molecule has 2 nitrogen and oxygen atoms in total. The summed E-state index contributed by atoms with van der Waals surface area (Å²) in [6, 6.07) is 0. The fourth-order valence-electron chi connectivity index (χ4n) is 3.91. The molecule has 0 saturated heterocycles. The van der Waals surface area contributed by atoms with Crippen LogP contribution in [0.4, 0.5) is 0 Å². The van der Waals surface area contributed by atoms with Crippen LogP contribution < -0.4 is 11.1 Å². The quantitative estimate of drug-likeness (QED) is 0.149. The van der Waals surface area contributed by atoms with Crippen molar-refractivity contribution in [2.45, 2.75) is 118 Å². The van der Waals surface area contributed by atoms with Crippen LogP contribution in [-0.2, 0) is 0 Å². The molecular weight excluding hydrogens is 328 g/mol. The lowest BCUT2D eigenvalue weighted by atomic mass is 9.82. The summed E-state index contributed by atoms with van der Waals surface area (Å²) in [5.74, 6) is 2.87. The van der Waals surface area contributed by atoms with Crippen molar-refractivity contribution < 1.29 is 0 Å². The summed E-state index contributed by atoms with van der Waals surface area (Å²) < 4.78 is 0. The minimum Gasteiger partial charge on any atom is -0.316 e. The zero-order chi connectivity index (χ0) is 20.5. The normalized spacial score (nSPS) is 17.7. The summed E-state index contributed by atoms with van der Waals surface area (Å²) in [5, 5.41) is 3.45. The molecule has 0 amide bonds. The molecule has 0 aliphatic heterocycles. The number of hydrogen-bond acceptors (Lipinski definition) is 2. The molecule has 0 spiro atoms. The molecule has 5 atom stereocenters. The maximum absolute atomic E-state index is 5.92. The third kappa shape index (κ3) is 15.3. The Morgan fingerprint density at radius 1 is 0.815 bits per heavy atom. The smallest absolute Gasteiger partial charge is 0.0517 e. The Balaban J connectivity index is 4.66. The molecule has 0 aromatic carbocycles. The van der Waals surface area contributed by atoms with Crippen molar-refractivity contribution in [3.63, 3.8) is 0 Å². The summed E-state index contributed by atoms with van der Waals surface area (Å²) in [4.78, 5) is 0. The highest BCUT2D eigenvalue weighted by Gasteiger charge is 2.18. The molecule has 3 N–H and O–H groups in total. The van der Waals surface area contributed by atoms with Crippen molar-refractivity contribution in [3.05, 3.63) is 12.2 Å². The summed E-state index contributed by atoms with van der Waals surface area (Å²) >= 11 is 0. The number of allylic oxidation sites excluding steroid dienone is 2. The highest BCUT2D eigenvalue weighted by atomic mass is 15.0. The van der Waals surface area contributed by atoms with Gasteiger partial charge in [0.05, 0.1) is 6.17 Å². The van der Waals surface area contributed by atoms with E-state index in [0.717, 1.165) is 18.4 Å². The summed E-state index contributed by atoms with van der Waals surface area (Å²) in [5.41, 5.74) is 5.92. The lowest BCUT2D eigenvalue weighted by Crippen LogP contribution is -2.38. The van der Waals surface area contributed by atoms with Gasteiger partial charge in [-0.05, 0) is 56.4 Å². The summed E-state index contributed by atoms with van der Waals surface area (Å²) in [6.45, 7) is 14.8. The zero-order valence-corrected chi connectivity index (χ0v) is 19.6. The molecule has 0 aliphatic carbocycles. The Morgan fingerprint density at radius 2 is 1.48 bits per heavy atom. The average molecular weight is 381 g/mol. The van der Waals surface area contributed by atoms with Crippen molar-refractivity contribution >= 4 is 0 Å². The zero-order valence-electron chi connectivity index (χ0n) is 19.6. The van der Waals surface area contributed by atoms with Gasteiger partial charge in [0.2, 0.25) is 0 Å². The fraction of sp³-hybridized carbons (Fsp3) is 0.920. The van der Waals surface area contributed by atoms with Gasteiger partial charge in [-0.15, -0.1) is 0 Å². The number of rotatable bonds is 18. The predicted octanol–water partition coefficient (Wildman–Crippen LogP) is 7.29. The van der Waals surface area contributed by atoms with E-state index in [1.807, 2.05) is 6.92 Å². The molecule has 162 valence electrons. The summed E-state index contributed by atoms with van der Waals surface area (Å²) in [7, 11) is 0. The molecule has 27 heavy (non-hydrogen) atoms. The van der Waals surface area contributed by atoms with Gasteiger partial charge >= 0.3 is 0 Å². The summed E-state index contributed by atoms with van der Waals surface area (Å²) in [6.07, 6.45) is 20.1. The van der Waals surface area contributed by atoms with Crippen LogP contribution in [0.3, 0.4) is 0 Å². The lowest BCUT2D eigenvalue weighted by molar-refractivity contribution is 0.311. The van der Waals surface area contributed by atoms with Gasteiger partial charge in [-0.1, -0.05) is 98.1 Å². The molecule has 0 fully saturated rings. The molecule has 0 heterocycles. The Bertz CT molecular complexity index is 337. The Labute approximate surface area is 172 Å². The van der Waals surface area contributed by atoms with Gasteiger partial charge in [0.15, 0.2) is 0 Å². The van der Waals surface area contributed by atoms with Gasteiger partial charge in [0.1, 0.15) is 0 Å². The van der Waals surface area contributed by atoms with Crippen LogP contribution in [0.15, 0.2) is 12.2 Å². The molecule has 4 unspecified atom stereocenters. The van der Waals surface area contributed by atoms with Gasteiger partial charge in [0.25, 0.3) is 0 Å². The monoisotopic (exact) mass is 380 g/mol. The molecule has 0 rings (SSSR count). The maximum atomic E-state index is 5.92. The second kappa shape index (κ2) is 17.7. The van der Waals surface area contributed by atoms with Crippen LogP contribution in [0, 0.1) is 23.7 Å². The van der Waals surface area contributed by atoms with Crippen molar-refractivity contribution in [3.8, 4) is 0 Å². The maximum Gasteiger partial charge on any atom is 0.0517 e. The van der Waals surface area contributed by atoms with E-state index in [1.54, 1.807) is 0 Å². The predicted molar refractivity (Wildman–Crippen MR) is 124 cm³/mol. The van der Waals surface area contributed by atoms with E-state index in [1.165, 1.54) is 70.6 Å². The van der Waals surface area contributed by atoms with Gasteiger partial charge in [-0.25, -0.2) is 0 Å². The lowest BCUT2D eigenvalue weighted by Gasteiger charge is -2.26. The van der Waals surface area contributed by atoms with Crippen molar-refractivity contribution in [2.24, 2.45) is 29.4 Å². The minimum atomic E-state index is 0.0843. The largest absolute Gasteiger partial charge is 0.316 e. The second-order valence-electron chi connectivity index (χ2n) is 9.08. The number of nitrogens with two attached hydrogens (primary N) is 1. The van der Waals surface area contributed by atoms with Crippen LogP contribution >= 0.6 is 0 Å². The van der Waals surface area contributed by atoms with Crippen molar-refractivity contribution in [2.75, 3.05) is 6.54 Å². The van der Waals surface area contributed by atoms with Gasteiger partial charge < -0.3 is 11.1 Å². The van der Waals surface area contributed by atoms with E-state index >= 15 is 0 Å². The van der Waals surface area contributed by atoms with Crippen molar-refractivity contribution in [1.82, 2.24) is 5.32 Å². The molecule has 0 bridgehead atoms. The Hall–Kier alpha value is -0.340. The van der Waals surface area contributed by atoms with Crippen molar-refractivity contribution in [1.29, 1.82) is 0 Å². The first-order valence-electron chi connectivity index (χ1n) is 12.1. The third-order valence-corrected chi connectivity index (χ3v) is 6.05. The molecule has 0 aliphatic rings. The van der Waals surface area contributed by atoms with Gasteiger partial charge in [-0.2, -0.15) is 0 Å². The van der Waals surface area contributed by atoms with Crippen LogP contribution in [0.1, 0.15) is 112 Å². The molecule has 0 aromatic heterocycles. The second-order valence-corrected chi connectivity index (χ2v) is 9.08. The first-order valence-corrected chi connectivity index (χ1v) is 12.1. The molecule has 0 aromatic rings. The molecule has 0 saturated carbocycles. The van der Waals surface area contributed by atoms with Gasteiger partial charge in [-0.3, -0.25) is 0 Å². The van der Waals surface area contributed by atoms with Crippen LogP contribution in [0.2, 0.25) is 0 Å². The van der Waals surface area contributed by atoms with Crippen LogP contribution in [-0.4, -0.2) is 12.7 Å². The Morgan fingerprint density at radius 3 is 2.07 bits per heavy atom. The Kier molecular flexibility index (Phi) is 17.5. The molecule has 2 heteroatoms. The van der Waals surface area contributed by atoms with E-state index in [0.29, 0.717) is 11.8 Å². The van der Waals surface area contributed by atoms with Crippen LogP contribution in [0.5, 0.6) is 0 Å². The average Bonchev–Trinajstić information content (AvgIpc) is 2.64. The highest BCUT2D eigenvalue weighted by Crippen LogP contribution is 2.27. The number of unbranched alkanes of at least 4 members (excludes halogenated alkanes) is 5. The SMILES string of the molecule is CCCCCCCC(C)CC(/C=C\[C@H](CC)CCCC)C(C)CNC(C)N. The molecule has 0 radical (unpaired) electrons.